The van der Waals surface area contributed by atoms with Gasteiger partial charge in [0.1, 0.15) is 5.69 Å². The van der Waals surface area contributed by atoms with Crippen molar-refractivity contribution in [3.8, 4) is 0 Å². The Morgan fingerprint density at radius 1 is 1.15 bits per heavy atom. The molecule has 0 aliphatic heterocycles. The van der Waals surface area contributed by atoms with Crippen LogP contribution >= 0.6 is 0 Å². The maximum Gasteiger partial charge on any atom is 0.339 e. The highest BCUT2D eigenvalue weighted by atomic mass is 16.5. The first-order valence-corrected chi connectivity index (χ1v) is 8.72. The van der Waals surface area contributed by atoms with Crippen molar-refractivity contribution in [2.24, 2.45) is 5.92 Å². The summed E-state index contributed by atoms with van der Waals surface area (Å²) in [5.41, 5.74) is 3.05. The van der Waals surface area contributed by atoms with Gasteiger partial charge in [0.25, 0.3) is 5.91 Å². The molecular weight excluding hydrogens is 330 g/mol. The fraction of sp³-hybridized carbons (Fsp3) is 0.400. The van der Waals surface area contributed by atoms with E-state index in [4.69, 9.17) is 4.74 Å². The largest absolute Gasteiger partial charge is 0.465 e. The van der Waals surface area contributed by atoms with E-state index >= 15 is 0 Å². The normalized spacial score (nSPS) is 11.9. The number of H-pyrrole nitrogens is 1. The van der Waals surface area contributed by atoms with Crippen LogP contribution in [0.5, 0.6) is 0 Å². The smallest absolute Gasteiger partial charge is 0.339 e. The van der Waals surface area contributed by atoms with Gasteiger partial charge < -0.3 is 20.4 Å². The Bertz CT molecular complexity index is 766. The molecule has 0 radical (unpaired) electrons. The lowest BCUT2D eigenvalue weighted by Gasteiger charge is -2.24. The molecule has 1 heterocycles. The maximum atomic E-state index is 12.6. The average molecular weight is 357 g/mol. The van der Waals surface area contributed by atoms with E-state index in [9.17, 15) is 9.59 Å². The summed E-state index contributed by atoms with van der Waals surface area (Å²) in [5.74, 6) is -0.352. The second kappa shape index (κ2) is 8.56. The van der Waals surface area contributed by atoms with Crippen molar-refractivity contribution >= 4 is 17.6 Å². The summed E-state index contributed by atoms with van der Waals surface area (Å²) in [6, 6.07) is 9.98. The first-order valence-electron chi connectivity index (χ1n) is 8.72. The van der Waals surface area contributed by atoms with Crippen LogP contribution in [0.3, 0.4) is 0 Å². The van der Waals surface area contributed by atoms with Gasteiger partial charge in [-0.3, -0.25) is 4.79 Å². The Hall–Kier alpha value is -2.76. The number of anilines is 1. The van der Waals surface area contributed by atoms with Crippen LogP contribution in [0.15, 0.2) is 30.3 Å². The van der Waals surface area contributed by atoms with E-state index in [1.54, 1.807) is 13.8 Å². The van der Waals surface area contributed by atoms with Gasteiger partial charge in [0.05, 0.1) is 12.7 Å². The van der Waals surface area contributed by atoms with Gasteiger partial charge in [-0.1, -0.05) is 32.0 Å². The van der Waals surface area contributed by atoms with Gasteiger partial charge in [-0.15, -0.1) is 0 Å². The molecule has 2 aromatic rings. The lowest BCUT2D eigenvalue weighted by molar-refractivity contribution is 0.0599. The predicted molar refractivity (Wildman–Crippen MR) is 103 cm³/mol. The topological polar surface area (TPSA) is 83.2 Å². The van der Waals surface area contributed by atoms with Gasteiger partial charge in [-0.05, 0) is 37.5 Å². The molecule has 0 spiro atoms. The van der Waals surface area contributed by atoms with Gasteiger partial charge in [-0.2, -0.15) is 0 Å². The third-order valence-electron chi connectivity index (χ3n) is 4.47. The number of aryl methyl sites for hydroxylation is 1. The third-order valence-corrected chi connectivity index (χ3v) is 4.47. The van der Waals surface area contributed by atoms with Gasteiger partial charge in [0.15, 0.2) is 0 Å². The fourth-order valence-corrected chi connectivity index (χ4v) is 2.88. The molecule has 26 heavy (non-hydrogen) atoms. The van der Waals surface area contributed by atoms with Crippen molar-refractivity contribution in [1.29, 1.82) is 0 Å². The Morgan fingerprint density at radius 3 is 2.38 bits per heavy atom. The van der Waals surface area contributed by atoms with Crippen LogP contribution in [0.4, 0.5) is 5.69 Å². The number of carbonyl (C=O) groups excluding carboxylic acids is 2. The molecule has 1 unspecified atom stereocenters. The number of rotatable bonds is 7. The van der Waals surface area contributed by atoms with E-state index in [1.165, 1.54) is 7.11 Å². The number of nitrogens with one attached hydrogen (secondary N) is 3. The molecule has 0 bridgehead atoms. The van der Waals surface area contributed by atoms with Crippen LogP contribution in [-0.2, 0) is 4.74 Å². The number of esters is 1. The second-order valence-corrected chi connectivity index (χ2v) is 6.69. The maximum absolute atomic E-state index is 12.6. The number of ether oxygens (including phenoxy) is 1. The standard InChI is InChI=1S/C20H27N3O3/c1-12(2)16(23-15-9-7-6-8-10-15)11-21-19(24)18-13(3)17(14(4)22-18)20(25)26-5/h6-10,12,16,22-23H,11H2,1-5H3,(H,21,24). The van der Waals surface area contributed by atoms with Crippen molar-refractivity contribution in [1.82, 2.24) is 10.3 Å². The zero-order chi connectivity index (χ0) is 19.3. The van der Waals surface area contributed by atoms with Crippen molar-refractivity contribution in [2.45, 2.75) is 33.7 Å². The first kappa shape index (κ1) is 19.6. The van der Waals surface area contributed by atoms with E-state index in [2.05, 4.69) is 29.5 Å². The molecule has 0 aliphatic rings. The molecule has 1 amide bonds. The van der Waals surface area contributed by atoms with Gasteiger partial charge in [-0.25, -0.2) is 4.79 Å². The number of hydrogen-bond acceptors (Lipinski definition) is 4. The summed E-state index contributed by atoms with van der Waals surface area (Å²) < 4.78 is 4.79. The zero-order valence-electron chi connectivity index (χ0n) is 16.0. The molecule has 0 aliphatic carbocycles. The van der Waals surface area contributed by atoms with Crippen LogP contribution in [-0.4, -0.2) is 36.6 Å². The number of aromatic amines is 1. The summed E-state index contributed by atoms with van der Waals surface area (Å²) in [5, 5.41) is 6.40. The minimum Gasteiger partial charge on any atom is -0.465 e. The van der Waals surface area contributed by atoms with Crippen molar-refractivity contribution in [3.63, 3.8) is 0 Å². The second-order valence-electron chi connectivity index (χ2n) is 6.69. The van der Waals surface area contributed by atoms with E-state index in [0.29, 0.717) is 35.0 Å². The minimum atomic E-state index is -0.443. The quantitative estimate of drug-likeness (QED) is 0.664. The van der Waals surface area contributed by atoms with Crippen LogP contribution in [0, 0.1) is 19.8 Å². The van der Waals surface area contributed by atoms with Crippen LogP contribution in [0.2, 0.25) is 0 Å². The molecule has 3 N–H and O–H groups in total. The number of amides is 1. The van der Waals surface area contributed by atoms with Gasteiger partial charge in [0.2, 0.25) is 0 Å². The van der Waals surface area contributed by atoms with Gasteiger partial charge in [0, 0.05) is 24.0 Å². The van der Waals surface area contributed by atoms with E-state index in [0.717, 1.165) is 5.69 Å². The Labute approximate surface area is 154 Å². The molecule has 0 saturated carbocycles. The number of benzene rings is 1. The molecule has 140 valence electrons. The highest BCUT2D eigenvalue weighted by molar-refractivity contribution is 6.00. The predicted octanol–water partition coefficient (Wildman–Crippen LogP) is 3.28. The molecule has 1 aromatic carbocycles. The molecule has 0 fully saturated rings. The Balaban J connectivity index is 2.08. The van der Waals surface area contributed by atoms with Crippen LogP contribution in [0.1, 0.15) is 46.0 Å². The number of carbonyl (C=O) groups is 2. The molecule has 6 nitrogen and oxygen atoms in total. The summed E-state index contributed by atoms with van der Waals surface area (Å²) >= 11 is 0. The van der Waals surface area contributed by atoms with E-state index in [-0.39, 0.29) is 11.9 Å². The average Bonchev–Trinajstić information content (AvgIpc) is 2.92. The molecule has 0 saturated heterocycles. The van der Waals surface area contributed by atoms with Crippen molar-refractivity contribution in [2.75, 3.05) is 19.0 Å². The van der Waals surface area contributed by atoms with Gasteiger partial charge >= 0.3 is 5.97 Å². The summed E-state index contributed by atoms with van der Waals surface area (Å²) in [6.07, 6.45) is 0. The first-order chi connectivity index (χ1) is 12.3. The van der Waals surface area contributed by atoms with E-state index in [1.807, 2.05) is 30.3 Å². The highest BCUT2D eigenvalue weighted by Gasteiger charge is 2.23. The molecule has 2 rings (SSSR count). The van der Waals surface area contributed by atoms with Crippen LogP contribution < -0.4 is 10.6 Å². The molecule has 1 aromatic heterocycles. The third kappa shape index (κ3) is 4.45. The number of aromatic nitrogens is 1. The van der Waals surface area contributed by atoms with Crippen molar-refractivity contribution < 1.29 is 14.3 Å². The lowest BCUT2D eigenvalue weighted by atomic mass is 10.0. The van der Waals surface area contributed by atoms with E-state index < -0.39 is 5.97 Å². The molecule has 6 heteroatoms. The molecule has 1 atom stereocenters. The fourth-order valence-electron chi connectivity index (χ4n) is 2.88. The summed E-state index contributed by atoms with van der Waals surface area (Å²) in [4.78, 5) is 27.5. The highest BCUT2D eigenvalue weighted by Crippen LogP contribution is 2.19. The number of methoxy groups -OCH3 is 1. The lowest BCUT2D eigenvalue weighted by Crippen LogP contribution is -2.40. The summed E-state index contributed by atoms with van der Waals surface area (Å²) in [6.45, 7) is 8.17. The Morgan fingerprint density at radius 2 is 1.81 bits per heavy atom. The minimum absolute atomic E-state index is 0.0813. The SMILES string of the molecule is COC(=O)c1c(C)[nH]c(C(=O)NCC(Nc2ccccc2)C(C)C)c1C. The number of hydrogen-bond donors (Lipinski definition) is 3. The van der Waals surface area contributed by atoms with Crippen molar-refractivity contribution in [3.05, 3.63) is 52.8 Å². The molecular formula is C20H27N3O3. The zero-order valence-corrected chi connectivity index (χ0v) is 16.0. The monoisotopic (exact) mass is 357 g/mol. The Kier molecular flexibility index (Phi) is 6.44. The van der Waals surface area contributed by atoms with Crippen LogP contribution in [0.25, 0.3) is 0 Å². The summed E-state index contributed by atoms with van der Waals surface area (Å²) in [7, 11) is 1.33. The number of para-hydroxylation sites is 1.